The zero-order valence-electron chi connectivity index (χ0n) is 23.9. The molecule has 3 rings (SSSR count). The summed E-state index contributed by atoms with van der Waals surface area (Å²) in [7, 11) is 1.63. The number of nitrogens with two attached hydrogens (primary N) is 1. The van der Waals surface area contributed by atoms with Crippen LogP contribution < -0.4 is 20.5 Å². The first-order chi connectivity index (χ1) is 18.6. The zero-order chi connectivity index (χ0) is 28.4. The van der Waals surface area contributed by atoms with Gasteiger partial charge in [0.1, 0.15) is 6.61 Å². The van der Waals surface area contributed by atoms with E-state index in [1.165, 1.54) is 0 Å². The molecule has 3 N–H and O–H groups in total. The van der Waals surface area contributed by atoms with Crippen molar-refractivity contribution in [3.63, 3.8) is 0 Å². The topological polar surface area (TPSA) is 90.7 Å². The van der Waals surface area contributed by atoms with Gasteiger partial charge in [-0.1, -0.05) is 95.5 Å². The monoisotopic (exact) mass is 530 g/mol. The van der Waals surface area contributed by atoms with Gasteiger partial charge in [0.15, 0.2) is 11.5 Å². The van der Waals surface area contributed by atoms with Gasteiger partial charge in [0, 0.05) is 23.2 Å². The van der Waals surface area contributed by atoms with Gasteiger partial charge >= 0.3 is 0 Å². The molecule has 39 heavy (non-hydrogen) atoms. The van der Waals surface area contributed by atoms with Crippen LogP contribution in [-0.2, 0) is 16.8 Å². The number of methoxy groups -OCH3 is 1. The summed E-state index contributed by atoms with van der Waals surface area (Å²) >= 11 is 0. The van der Waals surface area contributed by atoms with E-state index < -0.39 is 5.91 Å². The van der Waals surface area contributed by atoms with E-state index in [9.17, 15) is 9.59 Å². The number of carbonyl (C=O) groups excluding carboxylic acids is 2. The summed E-state index contributed by atoms with van der Waals surface area (Å²) in [5.41, 5.74) is 9.23. The third-order valence-electron chi connectivity index (χ3n) is 6.87. The summed E-state index contributed by atoms with van der Waals surface area (Å²) in [5.74, 6) is 0.591. The van der Waals surface area contributed by atoms with Gasteiger partial charge in [-0.25, -0.2) is 0 Å². The Morgan fingerprint density at radius 3 is 2.36 bits per heavy atom. The van der Waals surface area contributed by atoms with E-state index in [0.29, 0.717) is 29.4 Å². The molecule has 3 aromatic carbocycles. The van der Waals surface area contributed by atoms with Crippen LogP contribution in [0.2, 0.25) is 0 Å². The molecule has 0 aliphatic rings. The maximum absolute atomic E-state index is 13.5. The molecule has 0 saturated heterocycles. The van der Waals surface area contributed by atoms with Crippen LogP contribution in [0.1, 0.15) is 92.8 Å². The summed E-state index contributed by atoms with van der Waals surface area (Å²) < 4.78 is 12.0. The Morgan fingerprint density at radius 1 is 0.974 bits per heavy atom. The third kappa shape index (κ3) is 8.34. The van der Waals surface area contributed by atoms with Crippen molar-refractivity contribution in [2.75, 3.05) is 12.4 Å². The Balaban J connectivity index is 1.91. The van der Waals surface area contributed by atoms with E-state index in [2.05, 4.69) is 33.0 Å². The Labute approximate surface area is 232 Å². The SMILES string of the molecule is CCCCCC(CC(=O)Nc1cc(C(N)=O)ccc1C(C)(C)C)c1cccc(OC)c1OCc1ccccc1. The molecule has 0 bridgehead atoms. The number of para-hydroxylation sites is 1. The second-order valence-electron chi connectivity index (χ2n) is 11.0. The van der Waals surface area contributed by atoms with Gasteiger partial charge in [-0.2, -0.15) is 0 Å². The fourth-order valence-corrected chi connectivity index (χ4v) is 4.79. The number of anilines is 1. The number of benzene rings is 3. The van der Waals surface area contributed by atoms with Crippen molar-refractivity contribution in [1.29, 1.82) is 0 Å². The van der Waals surface area contributed by atoms with Gasteiger partial charge in [-0.05, 0) is 47.1 Å². The molecule has 6 heteroatoms. The quantitative estimate of drug-likeness (QED) is 0.226. The van der Waals surface area contributed by atoms with Crippen molar-refractivity contribution in [3.8, 4) is 11.5 Å². The zero-order valence-corrected chi connectivity index (χ0v) is 23.9. The summed E-state index contributed by atoms with van der Waals surface area (Å²) in [6.07, 6.45) is 4.26. The van der Waals surface area contributed by atoms with Crippen LogP contribution in [0.15, 0.2) is 66.7 Å². The number of rotatable bonds is 13. The maximum Gasteiger partial charge on any atom is 0.248 e. The molecule has 0 spiro atoms. The highest BCUT2D eigenvalue weighted by atomic mass is 16.5. The van der Waals surface area contributed by atoms with E-state index in [-0.39, 0.29) is 23.7 Å². The van der Waals surface area contributed by atoms with E-state index in [1.54, 1.807) is 19.2 Å². The molecule has 0 aromatic heterocycles. The highest BCUT2D eigenvalue weighted by Crippen LogP contribution is 2.40. The maximum atomic E-state index is 13.5. The van der Waals surface area contributed by atoms with E-state index >= 15 is 0 Å². The van der Waals surface area contributed by atoms with Crippen LogP contribution in [0, 0.1) is 0 Å². The van der Waals surface area contributed by atoms with Crippen molar-refractivity contribution in [3.05, 3.63) is 89.0 Å². The lowest BCUT2D eigenvalue weighted by molar-refractivity contribution is -0.116. The molecule has 208 valence electrons. The first-order valence-corrected chi connectivity index (χ1v) is 13.7. The summed E-state index contributed by atoms with van der Waals surface area (Å²) in [4.78, 5) is 25.4. The van der Waals surface area contributed by atoms with E-state index in [4.69, 9.17) is 15.2 Å². The van der Waals surface area contributed by atoms with Crippen LogP contribution in [-0.4, -0.2) is 18.9 Å². The molecule has 0 radical (unpaired) electrons. The third-order valence-corrected chi connectivity index (χ3v) is 6.87. The number of nitrogens with one attached hydrogen (secondary N) is 1. The second kappa shape index (κ2) is 13.8. The van der Waals surface area contributed by atoms with Crippen molar-refractivity contribution < 1.29 is 19.1 Å². The van der Waals surface area contributed by atoms with Gasteiger partial charge < -0.3 is 20.5 Å². The Kier molecular flexibility index (Phi) is 10.6. The molecule has 6 nitrogen and oxygen atoms in total. The van der Waals surface area contributed by atoms with Crippen LogP contribution in [0.4, 0.5) is 5.69 Å². The number of carbonyl (C=O) groups is 2. The largest absolute Gasteiger partial charge is 0.493 e. The standard InChI is InChI=1S/C33H42N2O4/c1-6-7-9-15-24(21-30(36)35-28-20-25(32(34)37)18-19-27(28)33(2,3)4)26-16-12-17-29(38-5)31(26)39-22-23-13-10-8-11-14-23/h8,10-14,16-20,24H,6-7,9,15,21-22H2,1-5H3,(H2,34,37)(H,35,36). The van der Waals surface area contributed by atoms with Crippen LogP contribution in [0.5, 0.6) is 11.5 Å². The predicted octanol–water partition coefficient (Wildman–Crippen LogP) is 7.36. The van der Waals surface area contributed by atoms with Crippen molar-refractivity contribution in [2.24, 2.45) is 5.73 Å². The van der Waals surface area contributed by atoms with Crippen molar-refractivity contribution >= 4 is 17.5 Å². The van der Waals surface area contributed by atoms with Gasteiger partial charge in [-0.3, -0.25) is 9.59 Å². The average molecular weight is 531 g/mol. The molecule has 1 unspecified atom stereocenters. The fraction of sp³-hybridized carbons (Fsp3) is 0.394. The summed E-state index contributed by atoms with van der Waals surface area (Å²) in [5, 5.41) is 3.09. The molecule has 1 atom stereocenters. The van der Waals surface area contributed by atoms with E-state index in [1.807, 2.05) is 54.6 Å². The van der Waals surface area contributed by atoms with Crippen molar-refractivity contribution in [1.82, 2.24) is 0 Å². The molecular weight excluding hydrogens is 488 g/mol. The molecule has 2 amide bonds. The number of amides is 2. The smallest absolute Gasteiger partial charge is 0.248 e. The molecule has 0 aliphatic heterocycles. The van der Waals surface area contributed by atoms with Crippen molar-refractivity contribution in [2.45, 2.75) is 77.7 Å². The summed E-state index contributed by atoms with van der Waals surface area (Å²) in [6, 6.07) is 21.1. The molecule has 3 aromatic rings. The van der Waals surface area contributed by atoms with Gasteiger partial charge in [0.05, 0.1) is 7.11 Å². The Hall–Kier alpha value is -3.80. The lowest BCUT2D eigenvalue weighted by atomic mass is 9.84. The highest BCUT2D eigenvalue weighted by molar-refractivity contribution is 5.97. The second-order valence-corrected chi connectivity index (χ2v) is 11.0. The first kappa shape index (κ1) is 29.8. The Bertz CT molecular complexity index is 1250. The minimum atomic E-state index is -0.528. The first-order valence-electron chi connectivity index (χ1n) is 13.7. The van der Waals surface area contributed by atoms with E-state index in [0.717, 1.165) is 42.4 Å². The predicted molar refractivity (Wildman–Crippen MR) is 158 cm³/mol. The van der Waals surface area contributed by atoms with Crippen LogP contribution in [0.25, 0.3) is 0 Å². The molecule has 0 heterocycles. The normalized spacial score (nSPS) is 12.0. The number of hydrogen-bond acceptors (Lipinski definition) is 4. The van der Waals surface area contributed by atoms with Gasteiger partial charge in [0.2, 0.25) is 11.8 Å². The lowest BCUT2D eigenvalue weighted by Gasteiger charge is -2.25. The van der Waals surface area contributed by atoms with Crippen LogP contribution >= 0.6 is 0 Å². The lowest BCUT2D eigenvalue weighted by Crippen LogP contribution is -2.22. The minimum Gasteiger partial charge on any atom is -0.493 e. The number of ether oxygens (including phenoxy) is 2. The molecule has 0 fully saturated rings. The summed E-state index contributed by atoms with van der Waals surface area (Å²) in [6.45, 7) is 8.78. The molecule has 0 saturated carbocycles. The van der Waals surface area contributed by atoms with Crippen LogP contribution in [0.3, 0.4) is 0 Å². The van der Waals surface area contributed by atoms with Gasteiger partial charge in [0.25, 0.3) is 0 Å². The number of unbranched alkanes of at least 4 members (excludes halogenated alkanes) is 2. The number of hydrogen-bond donors (Lipinski definition) is 2. The molecule has 0 aliphatic carbocycles. The Morgan fingerprint density at radius 2 is 1.72 bits per heavy atom. The average Bonchev–Trinajstić information content (AvgIpc) is 2.91. The fourth-order valence-electron chi connectivity index (χ4n) is 4.79. The molecular formula is C33H42N2O4. The minimum absolute atomic E-state index is 0.0742. The van der Waals surface area contributed by atoms with Gasteiger partial charge in [-0.15, -0.1) is 0 Å². The highest BCUT2D eigenvalue weighted by Gasteiger charge is 2.25. The number of primary amides is 1.